The van der Waals surface area contributed by atoms with Gasteiger partial charge >= 0.3 is 0 Å². The van der Waals surface area contributed by atoms with Crippen molar-refractivity contribution in [2.45, 2.75) is 6.61 Å². The SMILES string of the molecule is O=C(Nc1ccc(N2CCNCC2)cc1)c1ccn2ncc(-c3ccc(OCc4ccccc4)cc3)c2n1. The zero-order valence-corrected chi connectivity index (χ0v) is 20.9. The number of benzene rings is 3. The summed E-state index contributed by atoms with van der Waals surface area (Å²) in [6.45, 7) is 4.43. The lowest BCUT2D eigenvalue weighted by Crippen LogP contribution is -2.43. The van der Waals surface area contributed by atoms with Crippen molar-refractivity contribution in [1.29, 1.82) is 0 Å². The number of fused-ring (bicyclic) bond motifs is 1. The van der Waals surface area contributed by atoms with E-state index in [-0.39, 0.29) is 5.91 Å². The van der Waals surface area contributed by atoms with Gasteiger partial charge in [-0.15, -0.1) is 0 Å². The molecule has 0 atom stereocenters. The molecule has 0 saturated carbocycles. The third-order valence-corrected chi connectivity index (χ3v) is 6.62. The lowest BCUT2D eigenvalue weighted by atomic mass is 10.1. The van der Waals surface area contributed by atoms with E-state index in [9.17, 15) is 4.79 Å². The molecular formula is C30H28N6O2. The first kappa shape index (κ1) is 23.7. The Hall–Kier alpha value is -4.69. The molecule has 5 aromatic rings. The largest absolute Gasteiger partial charge is 0.489 e. The predicted octanol–water partition coefficient (Wildman–Crippen LogP) is 4.64. The van der Waals surface area contributed by atoms with Crippen molar-refractivity contribution in [3.05, 3.63) is 109 Å². The maximum atomic E-state index is 13.0. The van der Waals surface area contributed by atoms with Gasteiger partial charge < -0.3 is 20.3 Å². The van der Waals surface area contributed by atoms with E-state index in [1.54, 1.807) is 23.0 Å². The second-order valence-corrected chi connectivity index (χ2v) is 9.18. The highest BCUT2D eigenvalue weighted by molar-refractivity contribution is 6.03. The van der Waals surface area contributed by atoms with E-state index < -0.39 is 0 Å². The molecule has 0 spiro atoms. The summed E-state index contributed by atoms with van der Waals surface area (Å²) in [5.41, 5.74) is 5.73. The van der Waals surface area contributed by atoms with E-state index in [2.05, 4.69) is 25.6 Å². The van der Waals surface area contributed by atoms with Gasteiger partial charge in [-0.3, -0.25) is 4.79 Å². The molecule has 6 rings (SSSR count). The number of carbonyl (C=O) groups is 1. The van der Waals surface area contributed by atoms with Crippen LogP contribution in [0.15, 0.2) is 97.3 Å². The van der Waals surface area contributed by atoms with Crippen LogP contribution in [0.1, 0.15) is 16.1 Å². The van der Waals surface area contributed by atoms with E-state index in [0.717, 1.165) is 60.0 Å². The van der Waals surface area contributed by atoms with Crippen molar-refractivity contribution in [3.63, 3.8) is 0 Å². The number of rotatable bonds is 7. The first-order chi connectivity index (χ1) is 18.7. The lowest BCUT2D eigenvalue weighted by molar-refractivity contribution is 0.102. The van der Waals surface area contributed by atoms with Gasteiger partial charge in [-0.2, -0.15) is 5.10 Å². The molecule has 8 nitrogen and oxygen atoms in total. The highest BCUT2D eigenvalue weighted by Crippen LogP contribution is 2.26. The average molecular weight is 505 g/mol. The minimum Gasteiger partial charge on any atom is -0.489 e. The molecule has 2 N–H and O–H groups in total. The maximum Gasteiger partial charge on any atom is 0.274 e. The molecule has 0 unspecified atom stereocenters. The number of aromatic nitrogens is 3. The van der Waals surface area contributed by atoms with Crippen LogP contribution in [-0.4, -0.2) is 46.7 Å². The van der Waals surface area contributed by atoms with Gasteiger partial charge in [0.1, 0.15) is 18.1 Å². The topological polar surface area (TPSA) is 83.8 Å². The van der Waals surface area contributed by atoms with E-state index in [0.29, 0.717) is 17.9 Å². The zero-order valence-electron chi connectivity index (χ0n) is 20.9. The summed E-state index contributed by atoms with van der Waals surface area (Å²) in [6, 6.07) is 27.5. The van der Waals surface area contributed by atoms with Crippen LogP contribution in [0.4, 0.5) is 11.4 Å². The number of nitrogens with zero attached hydrogens (tertiary/aromatic N) is 4. The Balaban J connectivity index is 1.15. The number of hydrogen-bond acceptors (Lipinski definition) is 6. The molecule has 38 heavy (non-hydrogen) atoms. The van der Waals surface area contributed by atoms with E-state index >= 15 is 0 Å². The fraction of sp³-hybridized carbons (Fsp3) is 0.167. The van der Waals surface area contributed by atoms with Crippen LogP contribution in [0, 0.1) is 0 Å². The molecule has 0 bridgehead atoms. The number of carbonyl (C=O) groups excluding carboxylic acids is 1. The molecule has 1 aliphatic rings. The summed E-state index contributed by atoms with van der Waals surface area (Å²) in [5.74, 6) is 0.518. The number of piperazine rings is 1. The Bertz CT molecular complexity index is 1530. The molecule has 2 aromatic heterocycles. The van der Waals surface area contributed by atoms with Gasteiger partial charge in [0.05, 0.1) is 6.20 Å². The number of ether oxygens (including phenoxy) is 1. The van der Waals surface area contributed by atoms with Crippen LogP contribution in [0.5, 0.6) is 5.75 Å². The summed E-state index contributed by atoms with van der Waals surface area (Å²) in [5, 5.41) is 10.7. The van der Waals surface area contributed by atoms with Crippen molar-refractivity contribution in [2.24, 2.45) is 0 Å². The molecule has 1 fully saturated rings. The van der Waals surface area contributed by atoms with Crippen LogP contribution in [0.2, 0.25) is 0 Å². The van der Waals surface area contributed by atoms with Crippen LogP contribution in [0.25, 0.3) is 16.8 Å². The first-order valence-corrected chi connectivity index (χ1v) is 12.7. The molecule has 3 aromatic carbocycles. The van der Waals surface area contributed by atoms with E-state index in [1.807, 2.05) is 78.9 Å². The second kappa shape index (κ2) is 10.7. The Morgan fingerprint density at radius 1 is 0.921 bits per heavy atom. The Morgan fingerprint density at radius 3 is 2.45 bits per heavy atom. The van der Waals surface area contributed by atoms with Crippen LogP contribution < -0.4 is 20.3 Å². The van der Waals surface area contributed by atoms with Crippen molar-refractivity contribution < 1.29 is 9.53 Å². The van der Waals surface area contributed by atoms with E-state index in [1.165, 1.54) is 0 Å². The fourth-order valence-electron chi connectivity index (χ4n) is 4.54. The monoisotopic (exact) mass is 504 g/mol. The Labute approximate surface area is 220 Å². The molecule has 8 heteroatoms. The van der Waals surface area contributed by atoms with Gasteiger partial charge in [0, 0.05) is 49.3 Å². The molecule has 0 aliphatic carbocycles. The third kappa shape index (κ3) is 5.21. The van der Waals surface area contributed by atoms with Gasteiger partial charge in [0.25, 0.3) is 5.91 Å². The molecule has 190 valence electrons. The molecule has 1 saturated heterocycles. The molecule has 3 heterocycles. The smallest absolute Gasteiger partial charge is 0.274 e. The fourth-order valence-corrected chi connectivity index (χ4v) is 4.54. The lowest BCUT2D eigenvalue weighted by Gasteiger charge is -2.29. The summed E-state index contributed by atoms with van der Waals surface area (Å²) in [4.78, 5) is 20.0. The molecule has 0 radical (unpaired) electrons. The molecule has 1 amide bonds. The number of anilines is 2. The Kier molecular flexibility index (Phi) is 6.70. The Morgan fingerprint density at radius 2 is 1.68 bits per heavy atom. The third-order valence-electron chi connectivity index (χ3n) is 6.62. The number of amides is 1. The van der Waals surface area contributed by atoms with Crippen molar-refractivity contribution in [1.82, 2.24) is 19.9 Å². The normalized spacial score (nSPS) is 13.4. The zero-order chi connectivity index (χ0) is 25.7. The van der Waals surface area contributed by atoms with Gasteiger partial charge in [0.15, 0.2) is 5.65 Å². The van der Waals surface area contributed by atoms with Crippen LogP contribution >= 0.6 is 0 Å². The summed E-state index contributed by atoms with van der Waals surface area (Å²) < 4.78 is 7.58. The maximum absolute atomic E-state index is 13.0. The summed E-state index contributed by atoms with van der Waals surface area (Å²) in [6.07, 6.45) is 3.52. The minimum atomic E-state index is -0.265. The number of nitrogens with one attached hydrogen (secondary N) is 2. The average Bonchev–Trinajstić information content (AvgIpc) is 3.41. The first-order valence-electron chi connectivity index (χ1n) is 12.7. The van der Waals surface area contributed by atoms with Crippen LogP contribution in [-0.2, 0) is 6.61 Å². The van der Waals surface area contributed by atoms with E-state index in [4.69, 9.17) is 4.74 Å². The molecule has 1 aliphatic heterocycles. The predicted molar refractivity (Wildman–Crippen MR) is 149 cm³/mol. The quantitative estimate of drug-likeness (QED) is 0.336. The minimum absolute atomic E-state index is 0.265. The standard InChI is InChI=1S/C30H28N6O2/c37-30(33-24-8-10-25(11-9-24)35-18-15-31-16-19-35)28-14-17-36-29(34-28)27(20-32-36)23-6-12-26(13-7-23)38-21-22-4-2-1-3-5-22/h1-14,17,20,31H,15-16,18-19,21H2,(H,33,37). The molecular weight excluding hydrogens is 476 g/mol. The van der Waals surface area contributed by atoms with Gasteiger partial charge in [-0.25, -0.2) is 9.50 Å². The highest BCUT2D eigenvalue weighted by Gasteiger charge is 2.14. The van der Waals surface area contributed by atoms with Gasteiger partial charge in [0.2, 0.25) is 0 Å². The number of hydrogen-bond donors (Lipinski definition) is 2. The van der Waals surface area contributed by atoms with Gasteiger partial charge in [-0.1, -0.05) is 42.5 Å². The summed E-state index contributed by atoms with van der Waals surface area (Å²) >= 11 is 0. The van der Waals surface area contributed by atoms with Crippen LogP contribution in [0.3, 0.4) is 0 Å². The van der Waals surface area contributed by atoms with Gasteiger partial charge in [-0.05, 0) is 53.6 Å². The second-order valence-electron chi connectivity index (χ2n) is 9.18. The summed E-state index contributed by atoms with van der Waals surface area (Å²) in [7, 11) is 0. The van der Waals surface area contributed by atoms with Crippen molar-refractivity contribution >= 4 is 22.9 Å². The van der Waals surface area contributed by atoms with Crippen molar-refractivity contribution in [2.75, 3.05) is 36.4 Å². The highest BCUT2D eigenvalue weighted by atomic mass is 16.5. The van der Waals surface area contributed by atoms with Crippen molar-refractivity contribution in [3.8, 4) is 16.9 Å².